The van der Waals surface area contributed by atoms with Gasteiger partial charge >= 0.3 is 0 Å². The smallest absolute Gasteiger partial charge is 0.00900 e. The van der Waals surface area contributed by atoms with Gasteiger partial charge in [0.15, 0.2) is 0 Å². The van der Waals surface area contributed by atoms with E-state index < -0.39 is 0 Å². The Morgan fingerprint density at radius 2 is 2.00 bits per heavy atom. The van der Waals surface area contributed by atoms with Crippen LogP contribution in [-0.4, -0.2) is 12.1 Å². The summed E-state index contributed by atoms with van der Waals surface area (Å²) in [7, 11) is 0. The molecule has 15 heavy (non-hydrogen) atoms. The van der Waals surface area contributed by atoms with Crippen LogP contribution in [0.25, 0.3) is 0 Å². The van der Waals surface area contributed by atoms with Crippen LogP contribution in [0.2, 0.25) is 0 Å². The van der Waals surface area contributed by atoms with Gasteiger partial charge in [0.05, 0.1) is 0 Å². The molecule has 0 amide bonds. The SMILES string of the molecule is CCC(NC1CCCC(C)(C)C1)C(C)C. The Labute approximate surface area is 96.0 Å². The van der Waals surface area contributed by atoms with Crippen molar-refractivity contribution >= 4 is 0 Å². The second-order valence-electron chi connectivity index (χ2n) is 6.38. The Balaban J connectivity index is 2.43. The lowest BCUT2D eigenvalue weighted by Crippen LogP contribution is -2.44. The van der Waals surface area contributed by atoms with E-state index in [-0.39, 0.29) is 0 Å². The highest BCUT2D eigenvalue weighted by Crippen LogP contribution is 2.35. The molecule has 1 rings (SSSR count). The van der Waals surface area contributed by atoms with Crippen molar-refractivity contribution in [3.63, 3.8) is 0 Å². The minimum Gasteiger partial charge on any atom is -0.311 e. The van der Waals surface area contributed by atoms with Gasteiger partial charge in [0.1, 0.15) is 0 Å². The summed E-state index contributed by atoms with van der Waals surface area (Å²) in [5.74, 6) is 0.764. The fourth-order valence-electron chi connectivity index (χ4n) is 2.92. The van der Waals surface area contributed by atoms with Crippen molar-refractivity contribution in [2.45, 2.75) is 78.8 Å². The van der Waals surface area contributed by atoms with Gasteiger partial charge in [-0.15, -0.1) is 0 Å². The van der Waals surface area contributed by atoms with Gasteiger partial charge in [-0.3, -0.25) is 0 Å². The van der Waals surface area contributed by atoms with Crippen LogP contribution in [0.5, 0.6) is 0 Å². The van der Waals surface area contributed by atoms with E-state index in [1.165, 1.54) is 32.1 Å². The normalized spacial score (nSPS) is 28.0. The fraction of sp³-hybridized carbons (Fsp3) is 1.00. The lowest BCUT2D eigenvalue weighted by Gasteiger charge is -2.38. The van der Waals surface area contributed by atoms with Gasteiger partial charge < -0.3 is 5.32 Å². The Bertz CT molecular complexity index is 184. The third kappa shape index (κ3) is 4.14. The number of nitrogens with one attached hydrogen (secondary N) is 1. The summed E-state index contributed by atoms with van der Waals surface area (Å²) in [5, 5.41) is 3.86. The largest absolute Gasteiger partial charge is 0.311 e. The molecule has 0 aromatic rings. The number of rotatable bonds is 4. The minimum atomic E-state index is 0.561. The first kappa shape index (κ1) is 13.0. The molecule has 90 valence electrons. The predicted molar refractivity (Wildman–Crippen MR) is 68.1 cm³/mol. The third-order valence-electron chi connectivity index (χ3n) is 3.90. The molecule has 1 saturated carbocycles. The van der Waals surface area contributed by atoms with Gasteiger partial charge in [-0.1, -0.05) is 41.0 Å². The van der Waals surface area contributed by atoms with Crippen molar-refractivity contribution in [2.24, 2.45) is 11.3 Å². The molecule has 0 aromatic heterocycles. The molecule has 2 unspecified atom stereocenters. The van der Waals surface area contributed by atoms with E-state index in [1.54, 1.807) is 0 Å². The zero-order valence-electron chi connectivity index (χ0n) is 11.3. The molecule has 1 aliphatic rings. The topological polar surface area (TPSA) is 12.0 Å². The van der Waals surface area contributed by atoms with Crippen molar-refractivity contribution in [3.8, 4) is 0 Å². The standard InChI is InChI=1S/C14H29N/c1-6-13(11(2)3)15-12-8-7-9-14(4,5)10-12/h11-13,15H,6-10H2,1-5H3. The van der Waals surface area contributed by atoms with Gasteiger partial charge in [0.25, 0.3) is 0 Å². The van der Waals surface area contributed by atoms with E-state index >= 15 is 0 Å². The Morgan fingerprint density at radius 1 is 1.33 bits per heavy atom. The minimum absolute atomic E-state index is 0.561. The average molecular weight is 211 g/mol. The van der Waals surface area contributed by atoms with E-state index in [2.05, 4.69) is 39.9 Å². The van der Waals surface area contributed by atoms with Gasteiger partial charge in [0.2, 0.25) is 0 Å². The molecule has 0 aromatic carbocycles. The molecule has 0 radical (unpaired) electrons. The average Bonchev–Trinajstić information content (AvgIpc) is 2.12. The molecule has 0 bridgehead atoms. The van der Waals surface area contributed by atoms with Crippen LogP contribution in [0.1, 0.15) is 66.7 Å². The maximum Gasteiger partial charge on any atom is 0.00900 e. The Hall–Kier alpha value is -0.0400. The van der Waals surface area contributed by atoms with E-state index in [9.17, 15) is 0 Å². The highest BCUT2D eigenvalue weighted by molar-refractivity contribution is 4.85. The fourth-order valence-corrected chi connectivity index (χ4v) is 2.92. The Morgan fingerprint density at radius 3 is 2.47 bits per heavy atom. The zero-order valence-corrected chi connectivity index (χ0v) is 11.3. The van der Waals surface area contributed by atoms with Crippen molar-refractivity contribution in [3.05, 3.63) is 0 Å². The summed E-state index contributed by atoms with van der Waals surface area (Å²) in [6, 6.07) is 1.48. The van der Waals surface area contributed by atoms with Crippen molar-refractivity contribution in [1.29, 1.82) is 0 Å². The van der Waals surface area contributed by atoms with Crippen molar-refractivity contribution in [1.82, 2.24) is 5.32 Å². The van der Waals surface area contributed by atoms with E-state index in [1.807, 2.05) is 0 Å². The summed E-state index contributed by atoms with van der Waals surface area (Å²) >= 11 is 0. The van der Waals surface area contributed by atoms with E-state index in [0.717, 1.165) is 12.0 Å². The van der Waals surface area contributed by atoms with Crippen molar-refractivity contribution < 1.29 is 0 Å². The molecular formula is C14H29N. The summed E-state index contributed by atoms with van der Waals surface area (Å²) in [6.45, 7) is 11.8. The predicted octanol–water partition coefficient (Wildman–Crippen LogP) is 3.98. The second-order valence-corrected chi connectivity index (χ2v) is 6.38. The molecule has 0 spiro atoms. The molecular weight excluding hydrogens is 182 g/mol. The van der Waals surface area contributed by atoms with E-state index in [4.69, 9.17) is 0 Å². The highest BCUT2D eigenvalue weighted by Gasteiger charge is 2.29. The quantitative estimate of drug-likeness (QED) is 0.741. The van der Waals surface area contributed by atoms with Crippen LogP contribution in [0.3, 0.4) is 0 Å². The number of hydrogen-bond acceptors (Lipinski definition) is 1. The molecule has 1 heteroatoms. The van der Waals surface area contributed by atoms with Crippen LogP contribution in [0.15, 0.2) is 0 Å². The Kier molecular flexibility index (Phi) is 4.64. The van der Waals surface area contributed by atoms with Crippen molar-refractivity contribution in [2.75, 3.05) is 0 Å². The molecule has 1 nitrogen and oxygen atoms in total. The molecule has 2 atom stereocenters. The van der Waals surface area contributed by atoms with Gasteiger partial charge in [-0.2, -0.15) is 0 Å². The lowest BCUT2D eigenvalue weighted by molar-refractivity contribution is 0.179. The van der Waals surface area contributed by atoms with Crippen LogP contribution in [0.4, 0.5) is 0 Å². The molecule has 1 N–H and O–H groups in total. The van der Waals surface area contributed by atoms with E-state index in [0.29, 0.717) is 11.5 Å². The van der Waals surface area contributed by atoms with Crippen LogP contribution in [-0.2, 0) is 0 Å². The lowest BCUT2D eigenvalue weighted by atomic mass is 9.75. The summed E-state index contributed by atoms with van der Waals surface area (Å²) in [6.07, 6.45) is 6.81. The summed E-state index contributed by atoms with van der Waals surface area (Å²) in [4.78, 5) is 0. The zero-order chi connectivity index (χ0) is 11.5. The maximum atomic E-state index is 3.86. The van der Waals surface area contributed by atoms with Crippen LogP contribution < -0.4 is 5.32 Å². The first-order valence-electron chi connectivity index (χ1n) is 6.70. The summed E-state index contributed by atoms with van der Waals surface area (Å²) in [5.41, 5.74) is 0.561. The van der Waals surface area contributed by atoms with Gasteiger partial charge in [-0.05, 0) is 37.0 Å². The molecule has 1 aliphatic carbocycles. The second kappa shape index (κ2) is 5.34. The molecule has 0 saturated heterocycles. The highest BCUT2D eigenvalue weighted by atomic mass is 15.0. The molecule has 1 fully saturated rings. The first-order valence-corrected chi connectivity index (χ1v) is 6.70. The van der Waals surface area contributed by atoms with Gasteiger partial charge in [0, 0.05) is 12.1 Å². The van der Waals surface area contributed by atoms with Gasteiger partial charge in [-0.25, -0.2) is 0 Å². The number of hydrogen-bond donors (Lipinski definition) is 1. The molecule has 0 aliphatic heterocycles. The first-order chi connectivity index (χ1) is 6.94. The molecule has 0 heterocycles. The maximum absolute atomic E-state index is 3.86. The van der Waals surface area contributed by atoms with Crippen LogP contribution in [0, 0.1) is 11.3 Å². The van der Waals surface area contributed by atoms with Crippen LogP contribution >= 0.6 is 0 Å². The summed E-state index contributed by atoms with van der Waals surface area (Å²) < 4.78 is 0. The third-order valence-corrected chi connectivity index (χ3v) is 3.90. The monoisotopic (exact) mass is 211 g/mol.